The molecule has 2 aromatic carbocycles. The van der Waals surface area contributed by atoms with Crippen LogP contribution in [0.3, 0.4) is 0 Å². The zero-order valence-corrected chi connectivity index (χ0v) is 10.9. The van der Waals surface area contributed by atoms with Gasteiger partial charge in [-0.05, 0) is 35.4 Å². The Morgan fingerprint density at radius 2 is 1.65 bits per heavy atom. The molecule has 2 aromatic rings. The minimum atomic E-state index is -0.292. The second kappa shape index (κ2) is 6.39. The van der Waals surface area contributed by atoms with E-state index in [9.17, 15) is 4.79 Å². The molecule has 0 saturated heterocycles. The molecule has 0 radical (unpaired) electrons. The summed E-state index contributed by atoms with van der Waals surface area (Å²) >= 11 is 0. The third-order valence-corrected chi connectivity index (χ3v) is 2.81. The molecule has 0 saturated carbocycles. The van der Waals surface area contributed by atoms with Crippen molar-refractivity contribution in [1.82, 2.24) is 0 Å². The largest absolute Gasteiger partial charge is 0.461 e. The lowest BCUT2D eigenvalue weighted by molar-refractivity contribution is -0.144. The predicted molar refractivity (Wildman–Crippen MR) is 75.5 cm³/mol. The van der Waals surface area contributed by atoms with Crippen LogP contribution >= 0.6 is 0 Å². The molecule has 20 heavy (non-hydrogen) atoms. The summed E-state index contributed by atoms with van der Waals surface area (Å²) < 4.78 is 5.18. The molecule has 0 bridgehead atoms. The Morgan fingerprint density at radius 3 is 2.25 bits per heavy atom. The zero-order valence-electron chi connectivity index (χ0n) is 10.9. The van der Waals surface area contributed by atoms with E-state index in [1.165, 1.54) is 0 Å². The minimum absolute atomic E-state index is 0.208. The van der Waals surface area contributed by atoms with E-state index in [2.05, 4.69) is 0 Å². The van der Waals surface area contributed by atoms with Crippen LogP contribution in [0.5, 0.6) is 0 Å². The highest BCUT2D eigenvalue weighted by Crippen LogP contribution is 2.09. The Bertz CT molecular complexity index is 625. The van der Waals surface area contributed by atoms with E-state index in [1.54, 1.807) is 48.5 Å². The van der Waals surface area contributed by atoms with E-state index >= 15 is 0 Å². The molecule has 4 nitrogen and oxygen atoms in total. The maximum Gasteiger partial charge on any atom is 0.310 e. The fraction of sp³-hybridized carbons (Fsp3) is 0.125. The summed E-state index contributed by atoms with van der Waals surface area (Å²) in [7, 11) is 0. The molecule has 4 heteroatoms. The Balaban J connectivity index is 1.85. The van der Waals surface area contributed by atoms with Crippen LogP contribution in [-0.2, 0) is 22.6 Å². The Kier molecular flexibility index (Phi) is 4.35. The van der Waals surface area contributed by atoms with E-state index in [1.807, 2.05) is 6.07 Å². The molecule has 2 N–H and O–H groups in total. The van der Waals surface area contributed by atoms with E-state index in [0.29, 0.717) is 11.3 Å². The summed E-state index contributed by atoms with van der Waals surface area (Å²) in [5, 5.41) is 8.69. The highest BCUT2D eigenvalue weighted by molar-refractivity contribution is 5.72. The topological polar surface area (TPSA) is 76.1 Å². The first-order valence-electron chi connectivity index (χ1n) is 6.16. The number of nitrogens with zero attached hydrogens (tertiary/aromatic N) is 1. The number of esters is 1. The van der Waals surface area contributed by atoms with Gasteiger partial charge >= 0.3 is 5.97 Å². The number of rotatable bonds is 4. The number of carbonyl (C=O) groups excluding carboxylic acids is 1. The highest BCUT2D eigenvalue weighted by atomic mass is 16.5. The SMILES string of the molecule is N#Cc1ccc(COC(=O)Cc2ccc(N)cc2)cc1. The fourth-order valence-corrected chi connectivity index (χ4v) is 1.69. The third kappa shape index (κ3) is 3.85. The summed E-state index contributed by atoms with van der Waals surface area (Å²) in [6.07, 6.45) is 0.219. The van der Waals surface area contributed by atoms with Gasteiger partial charge in [0.2, 0.25) is 0 Å². The molecule has 100 valence electrons. The third-order valence-electron chi connectivity index (χ3n) is 2.81. The van der Waals surface area contributed by atoms with Crippen molar-refractivity contribution in [2.75, 3.05) is 5.73 Å². The Labute approximate surface area is 117 Å². The molecule has 2 rings (SSSR count). The van der Waals surface area contributed by atoms with E-state index in [-0.39, 0.29) is 19.0 Å². The van der Waals surface area contributed by atoms with Crippen molar-refractivity contribution in [2.24, 2.45) is 0 Å². The highest BCUT2D eigenvalue weighted by Gasteiger charge is 2.05. The van der Waals surface area contributed by atoms with Crippen molar-refractivity contribution in [2.45, 2.75) is 13.0 Å². The van der Waals surface area contributed by atoms with Crippen LogP contribution in [-0.4, -0.2) is 5.97 Å². The quantitative estimate of drug-likeness (QED) is 0.681. The lowest BCUT2D eigenvalue weighted by Gasteiger charge is -2.05. The lowest BCUT2D eigenvalue weighted by atomic mass is 10.1. The van der Waals surface area contributed by atoms with Crippen LogP contribution in [0.25, 0.3) is 0 Å². The van der Waals surface area contributed by atoms with E-state index < -0.39 is 0 Å². The van der Waals surface area contributed by atoms with E-state index in [4.69, 9.17) is 15.7 Å². The number of hydrogen-bond donors (Lipinski definition) is 1. The van der Waals surface area contributed by atoms with Gasteiger partial charge in [0.15, 0.2) is 0 Å². The molecule has 0 fully saturated rings. The number of nitrogen functional groups attached to an aromatic ring is 1. The van der Waals surface area contributed by atoms with Crippen LogP contribution in [0.15, 0.2) is 48.5 Å². The minimum Gasteiger partial charge on any atom is -0.461 e. The van der Waals surface area contributed by atoms with Gasteiger partial charge < -0.3 is 10.5 Å². The number of nitriles is 1. The van der Waals surface area contributed by atoms with Gasteiger partial charge in [0, 0.05) is 5.69 Å². The molecule has 0 aliphatic heterocycles. The van der Waals surface area contributed by atoms with Crippen molar-refractivity contribution in [3.05, 3.63) is 65.2 Å². The summed E-state index contributed by atoms with van der Waals surface area (Å²) in [6.45, 7) is 0.208. The molecule has 0 atom stereocenters. The molecular formula is C16H14N2O2. The number of hydrogen-bond acceptors (Lipinski definition) is 4. The zero-order chi connectivity index (χ0) is 14.4. The Morgan fingerprint density at radius 1 is 1.05 bits per heavy atom. The molecule has 0 aliphatic carbocycles. The summed E-state index contributed by atoms with van der Waals surface area (Å²) in [5.41, 5.74) is 8.55. The van der Waals surface area contributed by atoms with Gasteiger partial charge in [0.05, 0.1) is 18.1 Å². The normalized spacial score (nSPS) is 9.75. The average Bonchev–Trinajstić information content (AvgIpc) is 2.48. The van der Waals surface area contributed by atoms with Crippen molar-refractivity contribution in [3.63, 3.8) is 0 Å². The smallest absolute Gasteiger partial charge is 0.310 e. The standard InChI is InChI=1S/C16H14N2O2/c17-10-13-1-3-14(4-2-13)11-20-16(19)9-12-5-7-15(18)8-6-12/h1-8H,9,11,18H2. The first kappa shape index (κ1) is 13.6. The monoisotopic (exact) mass is 266 g/mol. The molecule has 0 amide bonds. The molecule has 0 aliphatic rings. The van der Waals surface area contributed by atoms with Crippen molar-refractivity contribution in [3.8, 4) is 6.07 Å². The second-order valence-electron chi connectivity index (χ2n) is 4.39. The van der Waals surface area contributed by atoms with Crippen LogP contribution in [0.4, 0.5) is 5.69 Å². The number of benzene rings is 2. The number of nitrogens with two attached hydrogens (primary N) is 1. The number of carbonyl (C=O) groups is 1. The van der Waals surface area contributed by atoms with Crippen molar-refractivity contribution >= 4 is 11.7 Å². The average molecular weight is 266 g/mol. The van der Waals surface area contributed by atoms with Crippen LogP contribution in [0.1, 0.15) is 16.7 Å². The van der Waals surface area contributed by atoms with Gasteiger partial charge in [-0.25, -0.2) is 0 Å². The van der Waals surface area contributed by atoms with Crippen LogP contribution in [0.2, 0.25) is 0 Å². The summed E-state index contributed by atoms with van der Waals surface area (Å²) in [4.78, 5) is 11.7. The van der Waals surface area contributed by atoms with Gasteiger partial charge in [-0.2, -0.15) is 5.26 Å². The van der Waals surface area contributed by atoms with Crippen LogP contribution < -0.4 is 5.73 Å². The van der Waals surface area contributed by atoms with E-state index in [0.717, 1.165) is 11.1 Å². The predicted octanol–water partition coefficient (Wildman–Crippen LogP) is 2.43. The molecule has 0 spiro atoms. The Hall–Kier alpha value is -2.80. The van der Waals surface area contributed by atoms with Gasteiger partial charge in [-0.3, -0.25) is 4.79 Å². The molecule has 0 heterocycles. The number of anilines is 1. The van der Waals surface area contributed by atoms with Gasteiger partial charge in [0.25, 0.3) is 0 Å². The molecule has 0 unspecified atom stereocenters. The maximum atomic E-state index is 11.7. The van der Waals surface area contributed by atoms with Crippen molar-refractivity contribution in [1.29, 1.82) is 5.26 Å². The molecule has 0 aromatic heterocycles. The van der Waals surface area contributed by atoms with Crippen LogP contribution in [0, 0.1) is 11.3 Å². The second-order valence-corrected chi connectivity index (χ2v) is 4.39. The van der Waals surface area contributed by atoms with Gasteiger partial charge in [0.1, 0.15) is 6.61 Å². The maximum absolute atomic E-state index is 11.7. The first-order chi connectivity index (χ1) is 9.67. The number of ether oxygens (including phenoxy) is 1. The molecular weight excluding hydrogens is 252 g/mol. The fourth-order valence-electron chi connectivity index (χ4n) is 1.69. The van der Waals surface area contributed by atoms with Gasteiger partial charge in [-0.1, -0.05) is 24.3 Å². The van der Waals surface area contributed by atoms with Gasteiger partial charge in [-0.15, -0.1) is 0 Å². The summed E-state index contributed by atoms with van der Waals surface area (Å²) in [6, 6.07) is 16.1. The first-order valence-corrected chi connectivity index (χ1v) is 6.16. The summed E-state index contributed by atoms with van der Waals surface area (Å²) in [5.74, 6) is -0.292. The van der Waals surface area contributed by atoms with Crippen molar-refractivity contribution < 1.29 is 9.53 Å². The lowest BCUT2D eigenvalue weighted by Crippen LogP contribution is -2.08.